The maximum absolute atomic E-state index is 13.1. The van der Waals surface area contributed by atoms with Crippen molar-refractivity contribution in [1.29, 1.82) is 0 Å². The SMILES string of the molecule is Cc1cc(F)ccc1NC(=O)[C@H](C)NC(=O)c1ccc(Cl)c([N+](=O)[O-])c1. The van der Waals surface area contributed by atoms with E-state index in [1.807, 2.05) is 0 Å². The number of nitro groups is 1. The van der Waals surface area contributed by atoms with E-state index >= 15 is 0 Å². The number of hydrogen-bond acceptors (Lipinski definition) is 4. The van der Waals surface area contributed by atoms with Crippen LogP contribution in [0.4, 0.5) is 15.8 Å². The summed E-state index contributed by atoms with van der Waals surface area (Å²) in [5.74, 6) is -1.61. The molecule has 0 unspecified atom stereocenters. The lowest BCUT2D eigenvalue weighted by molar-refractivity contribution is -0.384. The van der Waals surface area contributed by atoms with Gasteiger partial charge in [-0.05, 0) is 49.7 Å². The van der Waals surface area contributed by atoms with Crippen molar-refractivity contribution in [2.75, 3.05) is 5.32 Å². The number of rotatable bonds is 5. The van der Waals surface area contributed by atoms with E-state index in [1.54, 1.807) is 6.92 Å². The molecule has 0 aliphatic heterocycles. The second-order valence-electron chi connectivity index (χ2n) is 5.57. The van der Waals surface area contributed by atoms with Crippen LogP contribution < -0.4 is 10.6 Å². The fourth-order valence-electron chi connectivity index (χ4n) is 2.15. The highest BCUT2D eigenvalue weighted by Gasteiger charge is 2.20. The topological polar surface area (TPSA) is 101 Å². The molecule has 0 saturated carbocycles. The first kappa shape index (κ1) is 19.3. The zero-order valence-corrected chi connectivity index (χ0v) is 14.6. The Morgan fingerprint density at radius 2 is 1.92 bits per heavy atom. The molecule has 9 heteroatoms. The molecule has 0 aliphatic rings. The molecule has 0 fully saturated rings. The number of halogens is 2. The number of nitro benzene ring substituents is 1. The molecule has 2 aromatic rings. The molecule has 0 radical (unpaired) electrons. The predicted octanol–water partition coefficient (Wildman–Crippen LogP) is 3.45. The van der Waals surface area contributed by atoms with E-state index in [0.717, 1.165) is 6.07 Å². The quantitative estimate of drug-likeness (QED) is 0.613. The number of nitrogens with one attached hydrogen (secondary N) is 2. The molecular formula is C17H15ClFN3O4. The molecule has 26 heavy (non-hydrogen) atoms. The van der Waals surface area contributed by atoms with Crippen LogP contribution in [0.25, 0.3) is 0 Å². The van der Waals surface area contributed by atoms with E-state index in [4.69, 9.17) is 11.6 Å². The third kappa shape index (κ3) is 4.54. The zero-order chi connectivity index (χ0) is 19.4. The van der Waals surface area contributed by atoms with Crippen molar-refractivity contribution in [1.82, 2.24) is 5.32 Å². The molecular weight excluding hydrogens is 365 g/mol. The minimum atomic E-state index is -0.929. The molecule has 0 aliphatic carbocycles. The smallest absolute Gasteiger partial charge is 0.288 e. The van der Waals surface area contributed by atoms with Gasteiger partial charge in [0.25, 0.3) is 11.6 Å². The first-order chi connectivity index (χ1) is 12.2. The van der Waals surface area contributed by atoms with Gasteiger partial charge in [-0.25, -0.2) is 4.39 Å². The summed E-state index contributed by atoms with van der Waals surface area (Å²) in [6, 6.07) is 6.55. The van der Waals surface area contributed by atoms with Gasteiger partial charge in [0.2, 0.25) is 5.91 Å². The number of amides is 2. The summed E-state index contributed by atoms with van der Waals surface area (Å²) in [4.78, 5) is 34.6. The van der Waals surface area contributed by atoms with Gasteiger partial charge in [-0.2, -0.15) is 0 Å². The van der Waals surface area contributed by atoms with Gasteiger partial charge in [0.1, 0.15) is 16.9 Å². The lowest BCUT2D eigenvalue weighted by Crippen LogP contribution is -2.41. The van der Waals surface area contributed by atoms with Crippen molar-refractivity contribution in [2.45, 2.75) is 19.9 Å². The molecule has 0 saturated heterocycles. The second-order valence-corrected chi connectivity index (χ2v) is 5.97. The molecule has 7 nitrogen and oxygen atoms in total. The number of aryl methyl sites for hydroxylation is 1. The molecule has 136 valence electrons. The number of carbonyl (C=O) groups is 2. The lowest BCUT2D eigenvalue weighted by Gasteiger charge is -2.15. The minimum Gasteiger partial charge on any atom is -0.341 e. The fourth-order valence-corrected chi connectivity index (χ4v) is 2.33. The average molecular weight is 380 g/mol. The molecule has 2 amide bonds. The van der Waals surface area contributed by atoms with Crippen LogP contribution >= 0.6 is 11.6 Å². The van der Waals surface area contributed by atoms with E-state index < -0.39 is 34.3 Å². The van der Waals surface area contributed by atoms with Gasteiger partial charge >= 0.3 is 0 Å². The van der Waals surface area contributed by atoms with Crippen molar-refractivity contribution in [3.63, 3.8) is 0 Å². The van der Waals surface area contributed by atoms with Crippen molar-refractivity contribution in [2.24, 2.45) is 0 Å². The Balaban J connectivity index is 2.07. The molecule has 2 aromatic carbocycles. The number of hydrogen-bond donors (Lipinski definition) is 2. The van der Waals surface area contributed by atoms with Crippen LogP contribution in [-0.2, 0) is 4.79 Å². The monoisotopic (exact) mass is 379 g/mol. The van der Waals surface area contributed by atoms with E-state index in [-0.39, 0.29) is 10.6 Å². The summed E-state index contributed by atoms with van der Waals surface area (Å²) in [6.45, 7) is 3.09. The van der Waals surface area contributed by atoms with E-state index in [1.165, 1.54) is 37.3 Å². The van der Waals surface area contributed by atoms with Gasteiger partial charge in [-0.1, -0.05) is 11.6 Å². The third-order valence-corrected chi connectivity index (χ3v) is 3.91. The highest BCUT2D eigenvalue weighted by atomic mass is 35.5. The molecule has 0 spiro atoms. The average Bonchev–Trinajstić information content (AvgIpc) is 2.57. The van der Waals surface area contributed by atoms with Crippen LogP contribution in [0.1, 0.15) is 22.8 Å². The Labute approximate surface area is 153 Å². The Bertz CT molecular complexity index is 888. The van der Waals surface area contributed by atoms with Crippen LogP contribution in [-0.4, -0.2) is 22.8 Å². The van der Waals surface area contributed by atoms with Crippen LogP contribution in [0.3, 0.4) is 0 Å². The maximum Gasteiger partial charge on any atom is 0.288 e. The third-order valence-electron chi connectivity index (χ3n) is 3.59. The van der Waals surface area contributed by atoms with Crippen molar-refractivity contribution < 1.29 is 18.9 Å². The molecule has 0 bridgehead atoms. The molecule has 0 aromatic heterocycles. The highest BCUT2D eigenvalue weighted by Crippen LogP contribution is 2.25. The Morgan fingerprint density at radius 3 is 2.54 bits per heavy atom. The van der Waals surface area contributed by atoms with Gasteiger partial charge in [-0.15, -0.1) is 0 Å². The summed E-state index contributed by atoms with van der Waals surface area (Å²) in [5, 5.41) is 15.8. The van der Waals surface area contributed by atoms with E-state index in [2.05, 4.69) is 10.6 Å². The number of nitrogens with zero attached hydrogens (tertiary/aromatic N) is 1. The summed E-state index contributed by atoms with van der Waals surface area (Å²) in [5.41, 5.74) is 0.543. The molecule has 1 atom stereocenters. The number of carbonyl (C=O) groups excluding carboxylic acids is 2. The first-order valence-electron chi connectivity index (χ1n) is 7.51. The fraction of sp³-hybridized carbons (Fsp3) is 0.176. The highest BCUT2D eigenvalue weighted by molar-refractivity contribution is 6.32. The van der Waals surface area contributed by atoms with Gasteiger partial charge in [0, 0.05) is 17.3 Å². The number of anilines is 1. The van der Waals surface area contributed by atoms with Crippen molar-refractivity contribution >= 4 is 34.8 Å². The van der Waals surface area contributed by atoms with E-state index in [9.17, 15) is 24.1 Å². The van der Waals surface area contributed by atoms with Crippen molar-refractivity contribution in [3.8, 4) is 0 Å². The van der Waals surface area contributed by atoms with Crippen molar-refractivity contribution in [3.05, 3.63) is 68.5 Å². The normalized spacial score (nSPS) is 11.5. The van der Waals surface area contributed by atoms with Crippen LogP contribution in [0.2, 0.25) is 5.02 Å². The van der Waals surface area contributed by atoms with E-state index in [0.29, 0.717) is 11.3 Å². The van der Waals surface area contributed by atoms with Gasteiger partial charge in [-0.3, -0.25) is 19.7 Å². The second kappa shape index (κ2) is 7.92. The summed E-state index contributed by atoms with van der Waals surface area (Å²) >= 11 is 5.70. The van der Waals surface area contributed by atoms with Gasteiger partial charge in [0.15, 0.2) is 0 Å². The van der Waals surface area contributed by atoms with Crippen LogP contribution in [0.15, 0.2) is 36.4 Å². The summed E-state index contributed by atoms with van der Waals surface area (Å²) in [6.07, 6.45) is 0. The molecule has 0 heterocycles. The molecule has 2 rings (SSSR count). The van der Waals surface area contributed by atoms with Gasteiger partial charge in [0.05, 0.1) is 4.92 Å². The summed E-state index contributed by atoms with van der Waals surface area (Å²) in [7, 11) is 0. The number of benzene rings is 2. The Hall–Kier alpha value is -3.00. The Kier molecular flexibility index (Phi) is 5.89. The Morgan fingerprint density at radius 1 is 1.23 bits per heavy atom. The zero-order valence-electron chi connectivity index (χ0n) is 13.9. The first-order valence-corrected chi connectivity index (χ1v) is 7.88. The largest absolute Gasteiger partial charge is 0.341 e. The lowest BCUT2D eigenvalue weighted by atomic mass is 10.1. The minimum absolute atomic E-state index is 0.00119. The van der Waals surface area contributed by atoms with Crippen LogP contribution in [0.5, 0.6) is 0 Å². The predicted molar refractivity (Wildman–Crippen MR) is 94.8 cm³/mol. The van der Waals surface area contributed by atoms with Gasteiger partial charge < -0.3 is 10.6 Å². The van der Waals surface area contributed by atoms with Crippen LogP contribution in [0, 0.1) is 22.9 Å². The standard InChI is InChI=1S/C17H15ClFN3O4/c1-9-7-12(19)4-6-14(9)21-16(23)10(2)20-17(24)11-3-5-13(18)15(8-11)22(25)26/h3-8,10H,1-2H3,(H,20,24)(H,21,23)/t10-/m0/s1. The maximum atomic E-state index is 13.1. The molecule has 2 N–H and O–H groups in total. The summed E-state index contributed by atoms with van der Waals surface area (Å²) < 4.78 is 13.1.